The minimum Gasteiger partial charge on any atom is -0.454 e. The topological polar surface area (TPSA) is 29.5 Å². The zero-order valence-electron chi connectivity index (χ0n) is 14.2. The van der Waals surface area contributed by atoms with Gasteiger partial charge >= 0.3 is 5.97 Å². The summed E-state index contributed by atoms with van der Waals surface area (Å²) in [4.78, 5) is 14.6. The summed E-state index contributed by atoms with van der Waals surface area (Å²) in [6.07, 6.45) is 4.11. The highest BCUT2D eigenvalue weighted by Crippen LogP contribution is 2.42. The van der Waals surface area contributed by atoms with E-state index in [0.29, 0.717) is 12.3 Å². The maximum absolute atomic E-state index is 12.0. The summed E-state index contributed by atoms with van der Waals surface area (Å²) in [5.74, 6) is 1.14. The molecule has 23 heavy (non-hydrogen) atoms. The van der Waals surface area contributed by atoms with E-state index in [1.807, 2.05) is 25.1 Å². The predicted octanol–water partition coefficient (Wildman–Crippen LogP) is 4.01. The lowest BCUT2D eigenvalue weighted by Gasteiger charge is -2.46. The first-order chi connectivity index (χ1) is 10.6. The molecule has 0 amide bonds. The molecule has 2 atom stereocenters. The molecule has 2 unspecified atom stereocenters. The highest BCUT2D eigenvalue weighted by molar-refractivity contribution is 5.85. The van der Waals surface area contributed by atoms with Gasteiger partial charge in [0.25, 0.3) is 0 Å². The van der Waals surface area contributed by atoms with E-state index in [1.165, 1.54) is 19.4 Å². The Bertz CT molecular complexity index is 517. The maximum atomic E-state index is 12.0. The smallest absolute Gasteiger partial charge is 0.306 e. The van der Waals surface area contributed by atoms with Crippen molar-refractivity contribution in [1.29, 1.82) is 0 Å². The third kappa shape index (κ3) is 4.07. The van der Waals surface area contributed by atoms with E-state index in [1.54, 1.807) is 0 Å². The number of ether oxygens (including phenoxy) is 1. The van der Waals surface area contributed by atoms with Gasteiger partial charge in [-0.1, -0.05) is 44.2 Å². The van der Waals surface area contributed by atoms with E-state index >= 15 is 0 Å². The molecule has 1 aliphatic heterocycles. The minimum atomic E-state index is -0.450. The van der Waals surface area contributed by atoms with Gasteiger partial charge in [-0.3, -0.25) is 4.79 Å². The summed E-state index contributed by atoms with van der Waals surface area (Å²) in [6, 6.07) is 10.3. The molecule has 1 saturated heterocycles. The van der Waals surface area contributed by atoms with Gasteiger partial charge in [0.2, 0.25) is 0 Å². The molecule has 1 aromatic rings. The molecule has 0 aromatic heterocycles. The SMILES string of the molecule is CCC(=O)OC1(c2ccccc2)CCN(CC2CC2)CC1C.Cl. The molecule has 2 aliphatic rings. The fourth-order valence-electron chi connectivity index (χ4n) is 3.66. The fourth-order valence-corrected chi connectivity index (χ4v) is 3.66. The van der Waals surface area contributed by atoms with Gasteiger partial charge in [0.1, 0.15) is 5.60 Å². The van der Waals surface area contributed by atoms with Crippen molar-refractivity contribution in [2.75, 3.05) is 19.6 Å². The Balaban J connectivity index is 0.00000192. The molecule has 0 N–H and O–H groups in total. The van der Waals surface area contributed by atoms with Crippen molar-refractivity contribution in [2.45, 2.75) is 45.1 Å². The average Bonchev–Trinajstić information content (AvgIpc) is 3.35. The van der Waals surface area contributed by atoms with Crippen LogP contribution >= 0.6 is 12.4 Å². The van der Waals surface area contributed by atoms with Gasteiger partial charge in [-0.15, -0.1) is 12.4 Å². The lowest BCUT2D eigenvalue weighted by molar-refractivity contribution is -0.175. The average molecular weight is 338 g/mol. The number of nitrogens with zero attached hydrogens (tertiary/aromatic N) is 1. The molecule has 1 aromatic carbocycles. The lowest BCUT2D eigenvalue weighted by Crippen LogP contribution is -2.51. The summed E-state index contributed by atoms with van der Waals surface area (Å²) >= 11 is 0. The highest BCUT2D eigenvalue weighted by atomic mass is 35.5. The number of likely N-dealkylation sites (tertiary alicyclic amines) is 1. The number of hydrogen-bond acceptors (Lipinski definition) is 3. The van der Waals surface area contributed by atoms with Crippen molar-refractivity contribution >= 4 is 18.4 Å². The fraction of sp³-hybridized carbons (Fsp3) is 0.632. The molecule has 3 rings (SSSR count). The molecule has 1 heterocycles. The number of benzene rings is 1. The minimum absolute atomic E-state index is 0. The lowest BCUT2D eigenvalue weighted by atomic mass is 9.76. The van der Waals surface area contributed by atoms with Crippen molar-refractivity contribution < 1.29 is 9.53 Å². The van der Waals surface area contributed by atoms with Crippen LogP contribution in [0.1, 0.15) is 45.1 Å². The third-order valence-electron chi connectivity index (χ3n) is 5.19. The second kappa shape index (κ2) is 7.67. The van der Waals surface area contributed by atoms with Crippen LogP contribution in [0.25, 0.3) is 0 Å². The van der Waals surface area contributed by atoms with Gasteiger partial charge < -0.3 is 9.64 Å². The Morgan fingerprint density at radius 2 is 2.00 bits per heavy atom. The van der Waals surface area contributed by atoms with Crippen LogP contribution in [0.4, 0.5) is 0 Å². The van der Waals surface area contributed by atoms with Gasteiger partial charge in [0.05, 0.1) is 0 Å². The van der Waals surface area contributed by atoms with Crippen LogP contribution in [0.5, 0.6) is 0 Å². The zero-order chi connectivity index (χ0) is 15.6. The second-order valence-corrected chi connectivity index (χ2v) is 6.94. The van der Waals surface area contributed by atoms with Crippen LogP contribution in [-0.2, 0) is 15.1 Å². The van der Waals surface area contributed by atoms with Crippen LogP contribution in [0.3, 0.4) is 0 Å². The Morgan fingerprint density at radius 1 is 1.30 bits per heavy atom. The van der Waals surface area contributed by atoms with Crippen LogP contribution in [0.2, 0.25) is 0 Å². The molecule has 0 bridgehead atoms. The molecule has 1 aliphatic carbocycles. The van der Waals surface area contributed by atoms with Crippen LogP contribution in [-0.4, -0.2) is 30.5 Å². The molecule has 4 heteroatoms. The Hall–Kier alpha value is -1.06. The number of rotatable bonds is 5. The summed E-state index contributed by atoms with van der Waals surface area (Å²) in [5, 5.41) is 0. The van der Waals surface area contributed by atoms with E-state index in [4.69, 9.17) is 4.74 Å². The van der Waals surface area contributed by atoms with Crippen molar-refractivity contribution in [2.24, 2.45) is 11.8 Å². The summed E-state index contributed by atoms with van der Waals surface area (Å²) in [5.41, 5.74) is 0.698. The quantitative estimate of drug-likeness (QED) is 0.760. The zero-order valence-corrected chi connectivity index (χ0v) is 15.0. The Kier molecular flexibility index (Phi) is 6.10. The van der Waals surface area contributed by atoms with E-state index in [-0.39, 0.29) is 18.4 Å². The number of hydrogen-bond donors (Lipinski definition) is 0. The molecular weight excluding hydrogens is 310 g/mol. The predicted molar refractivity (Wildman–Crippen MR) is 94.7 cm³/mol. The third-order valence-corrected chi connectivity index (χ3v) is 5.19. The molecule has 3 nitrogen and oxygen atoms in total. The summed E-state index contributed by atoms with van der Waals surface area (Å²) in [7, 11) is 0. The monoisotopic (exact) mass is 337 g/mol. The Morgan fingerprint density at radius 3 is 2.57 bits per heavy atom. The van der Waals surface area contributed by atoms with Crippen molar-refractivity contribution in [1.82, 2.24) is 4.90 Å². The van der Waals surface area contributed by atoms with E-state index in [9.17, 15) is 4.79 Å². The number of halogens is 1. The van der Waals surface area contributed by atoms with E-state index in [2.05, 4.69) is 24.0 Å². The number of carbonyl (C=O) groups excluding carboxylic acids is 1. The second-order valence-electron chi connectivity index (χ2n) is 6.94. The van der Waals surface area contributed by atoms with E-state index < -0.39 is 5.60 Å². The van der Waals surface area contributed by atoms with Crippen LogP contribution in [0, 0.1) is 11.8 Å². The van der Waals surface area contributed by atoms with Gasteiger partial charge in [-0.05, 0) is 24.3 Å². The summed E-state index contributed by atoms with van der Waals surface area (Å²) < 4.78 is 6.03. The van der Waals surface area contributed by atoms with E-state index in [0.717, 1.165) is 31.0 Å². The first-order valence-corrected chi connectivity index (χ1v) is 8.63. The molecule has 128 valence electrons. The van der Waals surface area contributed by atoms with Gasteiger partial charge in [0, 0.05) is 38.4 Å². The molecule has 1 saturated carbocycles. The Labute approximate surface area is 145 Å². The van der Waals surface area contributed by atoms with Gasteiger partial charge in [-0.25, -0.2) is 0 Å². The highest BCUT2D eigenvalue weighted by Gasteiger charge is 2.45. The van der Waals surface area contributed by atoms with Crippen molar-refractivity contribution in [3.8, 4) is 0 Å². The standard InChI is InChI=1S/C19H27NO2.ClH/c1-3-18(21)22-19(17-7-5-4-6-8-17)11-12-20(13-15(19)2)14-16-9-10-16;/h4-8,15-16H,3,9-14H2,1-2H3;1H. The van der Waals surface area contributed by atoms with Crippen LogP contribution < -0.4 is 0 Å². The van der Waals surface area contributed by atoms with Crippen molar-refractivity contribution in [3.05, 3.63) is 35.9 Å². The molecule has 2 fully saturated rings. The first-order valence-electron chi connectivity index (χ1n) is 8.63. The van der Waals surface area contributed by atoms with Gasteiger partial charge in [0.15, 0.2) is 0 Å². The first kappa shape index (κ1) is 18.3. The largest absolute Gasteiger partial charge is 0.454 e. The van der Waals surface area contributed by atoms with Gasteiger partial charge in [-0.2, -0.15) is 0 Å². The maximum Gasteiger partial charge on any atom is 0.306 e. The number of piperidine rings is 1. The molecular formula is C19H28ClNO2. The number of esters is 1. The van der Waals surface area contributed by atoms with Crippen LogP contribution in [0.15, 0.2) is 30.3 Å². The normalized spacial score (nSPS) is 28.0. The van der Waals surface area contributed by atoms with Crippen molar-refractivity contribution in [3.63, 3.8) is 0 Å². The number of carbonyl (C=O) groups is 1. The molecule has 0 radical (unpaired) electrons. The molecule has 0 spiro atoms. The summed E-state index contributed by atoms with van der Waals surface area (Å²) in [6.45, 7) is 7.36.